The minimum absolute atomic E-state index is 0.182. The van der Waals surface area contributed by atoms with Crippen molar-refractivity contribution < 1.29 is 13.6 Å². The highest BCUT2D eigenvalue weighted by atomic mass is 35.5. The molecule has 2 rings (SSSR count). The standard InChI is InChI=1S/C15H15ClF2N4O/c1-21(2)15-19-6-9(7-20-15)8-22(3)14(23)10-4-5-11(17)12(16)13(10)18/h4-7H,8H2,1-3H3. The quantitative estimate of drug-likeness (QED) is 0.803. The molecular formula is C15H15ClF2N4O. The Morgan fingerprint density at radius 1 is 1.17 bits per heavy atom. The predicted molar refractivity (Wildman–Crippen MR) is 83.5 cm³/mol. The van der Waals surface area contributed by atoms with Crippen molar-refractivity contribution in [3.05, 3.63) is 52.3 Å². The Balaban J connectivity index is 2.15. The summed E-state index contributed by atoms with van der Waals surface area (Å²) in [6.07, 6.45) is 3.17. The third-order valence-corrected chi connectivity index (χ3v) is 3.47. The van der Waals surface area contributed by atoms with E-state index in [9.17, 15) is 13.6 Å². The van der Waals surface area contributed by atoms with Crippen LogP contribution in [0.5, 0.6) is 0 Å². The van der Waals surface area contributed by atoms with Crippen molar-refractivity contribution in [3.63, 3.8) is 0 Å². The molecule has 0 saturated carbocycles. The zero-order valence-electron chi connectivity index (χ0n) is 12.8. The van der Waals surface area contributed by atoms with Crippen molar-refractivity contribution >= 4 is 23.5 Å². The highest BCUT2D eigenvalue weighted by molar-refractivity contribution is 6.31. The van der Waals surface area contributed by atoms with Crippen molar-refractivity contribution in [2.24, 2.45) is 0 Å². The van der Waals surface area contributed by atoms with Crippen molar-refractivity contribution in [3.8, 4) is 0 Å². The monoisotopic (exact) mass is 340 g/mol. The molecule has 1 amide bonds. The van der Waals surface area contributed by atoms with Crippen LogP contribution < -0.4 is 4.90 Å². The molecule has 0 fully saturated rings. The summed E-state index contributed by atoms with van der Waals surface area (Å²) in [4.78, 5) is 23.6. The summed E-state index contributed by atoms with van der Waals surface area (Å²) in [5.74, 6) is -2.04. The smallest absolute Gasteiger partial charge is 0.256 e. The molecule has 0 N–H and O–H groups in total. The van der Waals surface area contributed by atoms with Gasteiger partial charge >= 0.3 is 0 Å². The molecule has 23 heavy (non-hydrogen) atoms. The maximum Gasteiger partial charge on any atom is 0.256 e. The van der Waals surface area contributed by atoms with Gasteiger partial charge in [-0.15, -0.1) is 0 Å². The number of hydrogen-bond donors (Lipinski definition) is 0. The van der Waals surface area contributed by atoms with Gasteiger partial charge in [0, 0.05) is 45.6 Å². The first kappa shape index (κ1) is 17.1. The minimum atomic E-state index is -1.07. The molecule has 1 aromatic heterocycles. The molecule has 1 heterocycles. The number of anilines is 1. The van der Waals surface area contributed by atoms with Crippen LogP contribution in [0, 0.1) is 11.6 Å². The third-order valence-electron chi connectivity index (χ3n) is 3.12. The fourth-order valence-electron chi connectivity index (χ4n) is 1.90. The van der Waals surface area contributed by atoms with Gasteiger partial charge in [-0.1, -0.05) is 11.6 Å². The largest absolute Gasteiger partial charge is 0.347 e. The number of carbonyl (C=O) groups is 1. The average molecular weight is 341 g/mol. The van der Waals surface area contributed by atoms with Gasteiger partial charge in [-0.3, -0.25) is 4.79 Å². The van der Waals surface area contributed by atoms with Crippen LogP contribution in [0.1, 0.15) is 15.9 Å². The molecule has 2 aromatic rings. The summed E-state index contributed by atoms with van der Waals surface area (Å²) < 4.78 is 27.1. The molecule has 122 valence electrons. The summed E-state index contributed by atoms with van der Waals surface area (Å²) in [7, 11) is 5.12. The van der Waals surface area contributed by atoms with Crippen LogP contribution in [0.4, 0.5) is 14.7 Å². The van der Waals surface area contributed by atoms with Gasteiger partial charge in [-0.05, 0) is 12.1 Å². The first-order valence-electron chi connectivity index (χ1n) is 6.68. The van der Waals surface area contributed by atoms with E-state index in [2.05, 4.69) is 9.97 Å². The Bertz CT molecular complexity index is 722. The Hall–Kier alpha value is -2.28. The van der Waals surface area contributed by atoms with Gasteiger partial charge in [0.25, 0.3) is 5.91 Å². The fourth-order valence-corrected chi connectivity index (χ4v) is 2.07. The van der Waals surface area contributed by atoms with Crippen LogP contribution in [0.25, 0.3) is 0 Å². The molecule has 0 aliphatic rings. The van der Waals surface area contributed by atoms with E-state index in [0.29, 0.717) is 11.5 Å². The highest BCUT2D eigenvalue weighted by Gasteiger charge is 2.20. The molecule has 0 atom stereocenters. The molecule has 5 nitrogen and oxygen atoms in total. The van der Waals surface area contributed by atoms with E-state index in [0.717, 1.165) is 12.1 Å². The number of halogens is 3. The molecule has 0 bridgehead atoms. The van der Waals surface area contributed by atoms with E-state index in [1.165, 1.54) is 11.9 Å². The lowest BCUT2D eigenvalue weighted by Gasteiger charge is -2.18. The van der Waals surface area contributed by atoms with E-state index in [1.807, 2.05) is 14.1 Å². The molecule has 0 radical (unpaired) electrons. The number of rotatable bonds is 4. The van der Waals surface area contributed by atoms with Gasteiger partial charge in [-0.2, -0.15) is 0 Å². The van der Waals surface area contributed by atoms with E-state index in [1.54, 1.807) is 17.3 Å². The van der Waals surface area contributed by atoms with Crippen molar-refractivity contribution in [2.45, 2.75) is 6.54 Å². The van der Waals surface area contributed by atoms with Gasteiger partial charge < -0.3 is 9.80 Å². The van der Waals surface area contributed by atoms with E-state index in [4.69, 9.17) is 11.6 Å². The van der Waals surface area contributed by atoms with E-state index >= 15 is 0 Å². The number of nitrogens with zero attached hydrogens (tertiary/aromatic N) is 4. The molecule has 0 aliphatic carbocycles. The molecule has 0 saturated heterocycles. The zero-order valence-corrected chi connectivity index (χ0v) is 13.6. The molecule has 0 unspecified atom stereocenters. The second-order valence-electron chi connectivity index (χ2n) is 5.17. The lowest BCUT2D eigenvalue weighted by Crippen LogP contribution is -2.27. The average Bonchev–Trinajstić information content (AvgIpc) is 2.52. The minimum Gasteiger partial charge on any atom is -0.347 e. The van der Waals surface area contributed by atoms with Crippen molar-refractivity contribution in [1.82, 2.24) is 14.9 Å². The zero-order chi connectivity index (χ0) is 17.1. The second-order valence-corrected chi connectivity index (χ2v) is 5.55. The Kier molecular flexibility index (Phi) is 5.10. The summed E-state index contributed by atoms with van der Waals surface area (Å²) in [5.41, 5.74) is 0.393. The van der Waals surface area contributed by atoms with E-state index in [-0.39, 0.29) is 12.1 Å². The van der Waals surface area contributed by atoms with Gasteiger partial charge in [0.15, 0.2) is 5.82 Å². The predicted octanol–water partition coefficient (Wildman–Crippen LogP) is 2.75. The molecule has 1 aromatic carbocycles. The van der Waals surface area contributed by atoms with Crippen LogP contribution >= 0.6 is 11.6 Å². The highest BCUT2D eigenvalue weighted by Crippen LogP contribution is 2.23. The first-order chi connectivity index (χ1) is 10.8. The molecular weight excluding hydrogens is 326 g/mol. The summed E-state index contributed by atoms with van der Waals surface area (Å²) in [5, 5.41) is -0.692. The lowest BCUT2D eigenvalue weighted by molar-refractivity contribution is 0.0780. The van der Waals surface area contributed by atoms with Crippen LogP contribution in [-0.4, -0.2) is 41.9 Å². The number of amides is 1. The lowest BCUT2D eigenvalue weighted by atomic mass is 10.1. The van der Waals surface area contributed by atoms with Crippen LogP contribution in [0.3, 0.4) is 0 Å². The van der Waals surface area contributed by atoms with Gasteiger partial charge in [0.2, 0.25) is 5.95 Å². The summed E-state index contributed by atoms with van der Waals surface area (Å²) >= 11 is 5.49. The van der Waals surface area contributed by atoms with Gasteiger partial charge in [0.1, 0.15) is 10.8 Å². The second kappa shape index (κ2) is 6.87. The summed E-state index contributed by atoms with van der Waals surface area (Å²) in [6, 6.07) is 2.03. The number of hydrogen-bond acceptors (Lipinski definition) is 4. The van der Waals surface area contributed by atoms with Crippen LogP contribution in [-0.2, 0) is 6.54 Å². The Morgan fingerprint density at radius 2 is 1.78 bits per heavy atom. The van der Waals surface area contributed by atoms with Crippen molar-refractivity contribution in [2.75, 3.05) is 26.0 Å². The number of aromatic nitrogens is 2. The molecule has 8 heteroatoms. The Morgan fingerprint density at radius 3 is 2.35 bits per heavy atom. The summed E-state index contributed by atoms with van der Waals surface area (Å²) in [6.45, 7) is 0.182. The maximum absolute atomic E-state index is 13.9. The first-order valence-corrected chi connectivity index (χ1v) is 7.06. The topological polar surface area (TPSA) is 49.3 Å². The van der Waals surface area contributed by atoms with Crippen molar-refractivity contribution in [1.29, 1.82) is 0 Å². The maximum atomic E-state index is 13.9. The normalized spacial score (nSPS) is 10.5. The van der Waals surface area contributed by atoms with Gasteiger partial charge in [0.05, 0.1) is 5.56 Å². The van der Waals surface area contributed by atoms with Gasteiger partial charge in [-0.25, -0.2) is 18.7 Å². The van der Waals surface area contributed by atoms with Crippen LogP contribution in [0.2, 0.25) is 5.02 Å². The number of benzene rings is 1. The fraction of sp³-hybridized carbons (Fsp3) is 0.267. The third kappa shape index (κ3) is 3.73. The van der Waals surface area contributed by atoms with Crippen LogP contribution in [0.15, 0.2) is 24.5 Å². The molecule has 0 spiro atoms. The SMILES string of the molecule is CN(Cc1cnc(N(C)C)nc1)C(=O)c1ccc(F)c(Cl)c1F. The van der Waals surface area contributed by atoms with E-state index < -0.39 is 22.6 Å². The molecule has 0 aliphatic heterocycles. The Labute approximate surface area is 137 Å². The number of carbonyl (C=O) groups excluding carboxylic acids is 1.